The summed E-state index contributed by atoms with van der Waals surface area (Å²) >= 11 is 0. The van der Waals surface area contributed by atoms with Crippen LogP contribution in [0.4, 0.5) is 21.0 Å². The number of hydrogen-bond acceptors (Lipinski definition) is 6. The molecule has 0 spiro atoms. The summed E-state index contributed by atoms with van der Waals surface area (Å²) in [5.41, 5.74) is 5.70. The van der Waals surface area contributed by atoms with E-state index in [2.05, 4.69) is 39.8 Å². The lowest BCUT2D eigenvalue weighted by Crippen LogP contribution is -2.35. The molecular formula is C38H48N2O6. The van der Waals surface area contributed by atoms with Crippen LogP contribution in [0.15, 0.2) is 96.1 Å². The third-order valence-electron chi connectivity index (χ3n) is 7.42. The number of aryl methyl sites for hydroxylation is 1. The number of ether oxygens (including phenoxy) is 4. The van der Waals surface area contributed by atoms with E-state index in [1.807, 2.05) is 72.8 Å². The number of carbonyl (C=O) groups is 2. The fourth-order valence-corrected chi connectivity index (χ4v) is 4.79. The van der Waals surface area contributed by atoms with Gasteiger partial charge in [0.1, 0.15) is 11.5 Å². The van der Waals surface area contributed by atoms with Crippen LogP contribution in [0.25, 0.3) is 0 Å². The van der Waals surface area contributed by atoms with Gasteiger partial charge in [0.05, 0.1) is 25.6 Å². The first-order valence-electron chi connectivity index (χ1n) is 15.8. The summed E-state index contributed by atoms with van der Waals surface area (Å²) in [5, 5.41) is 0. The van der Waals surface area contributed by atoms with Gasteiger partial charge < -0.3 is 18.9 Å². The van der Waals surface area contributed by atoms with Gasteiger partial charge in [-0.15, -0.1) is 0 Å². The number of carbonyl (C=O) groups excluding carboxylic acids is 2. The topological polar surface area (TPSA) is 77.5 Å². The maximum atomic E-state index is 12.8. The normalized spacial score (nSPS) is 11.0. The average molecular weight is 629 g/mol. The van der Waals surface area contributed by atoms with Crippen LogP contribution in [0.3, 0.4) is 0 Å². The van der Waals surface area contributed by atoms with Crippen LogP contribution in [-0.2, 0) is 22.3 Å². The molecule has 0 aliphatic carbocycles. The molecule has 2 amide bonds. The summed E-state index contributed by atoms with van der Waals surface area (Å²) in [6, 6.07) is 22.6. The lowest BCUT2D eigenvalue weighted by molar-refractivity contribution is 0.170. The van der Waals surface area contributed by atoms with Gasteiger partial charge in [0.2, 0.25) is 0 Å². The first-order valence-corrected chi connectivity index (χ1v) is 15.8. The van der Waals surface area contributed by atoms with E-state index in [1.165, 1.54) is 35.2 Å². The van der Waals surface area contributed by atoms with E-state index in [4.69, 9.17) is 18.9 Å². The second-order valence-electron chi connectivity index (χ2n) is 11.3. The Hall–Kier alpha value is -4.72. The lowest BCUT2D eigenvalue weighted by atomic mass is 10.0. The van der Waals surface area contributed by atoms with Gasteiger partial charge in [-0.1, -0.05) is 73.0 Å². The van der Waals surface area contributed by atoms with Crippen LogP contribution in [0, 0.1) is 0 Å². The zero-order valence-electron chi connectivity index (χ0n) is 28.1. The molecule has 3 aromatic carbocycles. The Balaban J connectivity index is 2.04. The highest BCUT2D eigenvalue weighted by Crippen LogP contribution is 2.34. The largest absolute Gasteiger partial charge is 0.472 e. The minimum absolute atomic E-state index is 0.0675. The van der Waals surface area contributed by atoms with Crippen molar-refractivity contribution in [2.75, 3.05) is 37.5 Å². The van der Waals surface area contributed by atoms with Crippen molar-refractivity contribution in [1.82, 2.24) is 0 Å². The van der Waals surface area contributed by atoms with E-state index in [-0.39, 0.29) is 13.5 Å². The minimum atomic E-state index is -0.530. The number of benzene rings is 3. The highest BCUT2D eigenvalue weighted by molar-refractivity contribution is 5.87. The van der Waals surface area contributed by atoms with Crippen molar-refractivity contribution in [1.29, 1.82) is 0 Å². The van der Waals surface area contributed by atoms with Crippen molar-refractivity contribution in [3.8, 4) is 11.5 Å². The Morgan fingerprint density at radius 2 is 1.24 bits per heavy atom. The van der Waals surface area contributed by atoms with E-state index in [1.54, 1.807) is 0 Å². The fraction of sp³-hybridized carbons (Fsp3) is 0.368. The van der Waals surface area contributed by atoms with Gasteiger partial charge in [-0.3, -0.25) is 0 Å². The number of hydrogen-bond donors (Lipinski definition) is 0. The number of nitrogens with zero attached hydrogens (tertiary/aromatic N) is 2. The first-order chi connectivity index (χ1) is 22.3. The predicted molar refractivity (Wildman–Crippen MR) is 185 cm³/mol. The summed E-state index contributed by atoms with van der Waals surface area (Å²) in [7, 11) is 2.70. The molecule has 0 heterocycles. The highest BCUT2D eigenvalue weighted by atomic mass is 16.6. The van der Waals surface area contributed by atoms with Crippen LogP contribution in [-0.4, -0.2) is 39.9 Å². The number of para-hydroxylation sites is 2. The molecule has 0 radical (unpaired) electrons. The van der Waals surface area contributed by atoms with Crippen molar-refractivity contribution < 1.29 is 28.5 Å². The first kappa shape index (κ1) is 35.8. The third kappa shape index (κ3) is 11.0. The molecule has 0 aromatic heterocycles. The van der Waals surface area contributed by atoms with Gasteiger partial charge in [-0.05, 0) is 94.8 Å². The van der Waals surface area contributed by atoms with E-state index in [0.29, 0.717) is 29.3 Å². The molecule has 8 heteroatoms. The van der Waals surface area contributed by atoms with E-state index in [0.717, 1.165) is 43.2 Å². The van der Waals surface area contributed by atoms with Gasteiger partial charge in [-0.2, -0.15) is 0 Å². The SMILES string of the molecule is CCCCc1cc(OCN(C(=O)OC)c2ccccc2)c(C/C=C(\C)CCC=C(C)C)c(OCN(C(=O)OC)c2ccccc2)c1. The number of unbranched alkanes of at least 4 members (excludes halogenated alkanes) is 1. The Labute approximate surface area is 274 Å². The van der Waals surface area contributed by atoms with Crippen molar-refractivity contribution in [2.45, 2.75) is 66.2 Å². The van der Waals surface area contributed by atoms with Crippen molar-refractivity contribution in [2.24, 2.45) is 0 Å². The number of anilines is 2. The van der Waals surface area contributed by atoms with Gasteiger partial charge in [0.15, 0.2) is 13.5 Å². The molecule has 0 saturated heterocycles. The molecule has 0 fully saturated rings. The average Bonchev–Trinajstić information content (AvgIpc) is 3.07. The molecule has 246 valence electrons. The fourth-order valence-electron chi connectivity index (χ4n) is 4.79. The third-order valence-corrected chi connectivity index (χ3v) is 7.42. The van der Waals surface area contributed by atoms with Gasteiger partial charge >= 0.3 is 12.2 Å². The van der Waals surface area contributed by atoms with Crippen LogP contribution in [0.2, 0.25) is 0 Å². The monoisotopic (exact) mass is 628 g/mol. The summed E-state index contributed by atoms with van der Waals surface area (Å²) < 4.78 is 23.0. The summed E-state index contributed by atoms with van der Waals surface area (Å²) in [5.74, 6) is 1.21. The standard InChI is InChI=1S/C38H48N2O6/c1-7-8-18-31-25-35(45-27-39(37(41)43-5)32-19-11-9-12-20-32)34(24-23-30(4)17-15-16-29(2)3)36(26-31)46-28-40(38(42)44-6)33-21-13-10-14-22-33/h9-14,16,19-23,25-26H,7-8,15,17-18,24,27-28H2,1-6H3/b30-23+. The second-order valence-corrected chi connectivity index (χ2v) is 11.3. The highest BCUT2D eigenvalue weighted by Gasteiger charge is 2.22. The van der Waals surface area contributed by atoms with E-state index >= 15 is 0 Å². The molecule has 0 saturated carbocycles. The van der Waals surface area contributed by atoms with Gasteiger partial charge in [0.25, 0.3) is 0 Å². The van der Waals surface area contributed by atoms with Crippen molar-refractivity contribution >= 4 is 23.6 Å². The molecule has 0 unspecified atom stereocenters. The maximum Gasteiger partial charge on any atom is 0.416 e. The smallest absolute Gasteiger partial charge is 0.416 e. The molecule has 0 N–H and O–H groups in total. The Kier molecular flexibility index (Phi) is 14.7. The molecular weight excluding hydrogens is 580 g/mol. The number of allylic oxidation sites excluding steroid dienone is 4. The second kappa shape index (κ2) is 18.9. The summed E-state index contributed by atoms with van der Waals surface area (Å²) in [6.07, 6.45) is 8.61. The molecule has 0 aliphatic rings. The number of amides is 2. The quantitative estimate of drug-likeness (QED) is 0.116. The van der Waals surface area contributed by atoms with Gasteiger partial charge in [0, 0.05) is 5.56 Å². The van der Waals surface area contributed by atoms with Crippen LogP contribution in [0.5, 0.6) is 11.5 Å². The molecule has 3 aromatic rings. The summed E-state index contributed by atoms with van der Waals surface area (Å²) in [4.78, 5) is 28.5. The van der Waals surface area contributed by atoms with Crippen LogP contribution in [0.1, 0.15) is 64.5 Å². The summed E-state index contributed by atoms with van der Waals surface area (Å²) in [6.45, 7) is 8.34. The number of methoxy groups -OCH3 is 2. The molecule has 46 heavy (non-hydrogen) atoms. The van der Waals surface area contributed by atoms with Crippen molar-refractivity contribution in [3.63, 3.8) is 0 Å². The Morgan fingerprint density at radius 1 is 0.739 bits per heavy atom. The Bertz CT molecular complexity index is 1360. The number of rotatable bonds is 16. The predicted octanol–water partition coefficient (Wildman–Crippen LogP) is 9.48. The van der Waals surface area contributed by atoms with Crippen LogP contribution < -0.4 is 19.3 Å². The zero-order valence-corrected chi connectivity index (χ0v) is 28.1. The zero-order chi connectivity index (χ0) is 33.3. The molecule has 0 bridgehead atoms. The lowest BCUT2D eigenvalue weighted by Gasteiger charge is -2.25. The molecule has 3 rings (SSSR count). The van der Waals surface area contributed by atoms with Crippen LogP contribution >= 0.6 is 0 Å². The molecule has 0 aliphatic heterocycles. The Morgan fingerprint density at radius 3 is 1.67 bits per heavy atom. The molecule has 0 atom stereocenters. The maximum absolute atomic E-state index is 12.8. The minimum Gasteiger partial charge on any atom is -0.472 e. The van der Waals surface area contributed by atoms with E-state index in [9.17, 15) is 9.59 Å². The van der Waals surface area contributed by atoms with Gasteiger partial charge in [-0.25, -0.2) is 19.4 Å². The van der Waals surface area contributed by atoms with E-state index < -0.39 is 12.2 Å². The van der Waals surface area contributed by atoms with Crippen molar-refractivity contribution in [3.05, 3.63) is 107 Å². The molecule has 8 nitrogen and oxygen atoms in total.